The highest BCUT2D eigenvalue weighted by atomic mass is 35.5. The molecule has 1 heterocycles. The maximum absolute atomic E-state index is 5.65. The van der Waals surface area contributed by atoms with Gasteiger partial charge in [-0.1, -0.05) is 0 Å². The van der Waals surface area contributed by atoms with Crippen molar-refractivity contribution in [3.63, 3.8) is 0 Å². The summed E-state index contributed by atoms with van der Waals surface area (Å²) in [6.07, 6.45) is -2.70. The van der Waals surface area contributed by atoms with E-state index in [1.807, 2.05) is 0 Å². The van der Waals surface area contributed by atoms with E-state index in [-0.39, 0.29) is 23.5 Å². The smallest absolute Gasteiger partial charge is 0.177 e. The van der Waals surface area contributed by atoms with Crippen LogP contribution in [0.4, 0.5) is 0 Å². The Kier molecular flexibility index (Phi) is 7.68. The average Bonchev–Trinajstić information content (AvgIpc) is 2.29. The van der Waals surface area contributed by atoms with Crippen LogP contribution < -0.4 is 0 Å². The zero-order valence-electron chi connectivity index (χ0n) is 8.28. The predicted molar refractivity (Wildman–Crippen MR) is 62.4 cm³/mol. The summed E-state index contributed by atoms with van der Waals surface area (Å²) in [5.41, 5.74) is 0. The van der Waals surface area contributed by atoms with Gasteiger partial charge in [-0.15, -0.1) is 46.4 Å². The van der Waals surface area contributed by atoms with Crippen molar-refractivity contribution < 1.29 is 18.9 Å². The Balaban J connectivity index is 2.61. The Morgan fingerprint density at radius 1 is 0.500 bits per heavy atom. The summed E-state index contributed by atoms with van der Waals surface area (Å²) < 4.78 is 21.4. The van der Waals surface area contributed by atoms with Crippen molar-refractivity contribution in [2.75, 3.05) is 23.5 Å². The van der Waals surface area contributed by atoms with Crippen LogP contribution in [0.3, 0.4) is 0 Å². The van der Waals surface area contributed by atoms with Crippen LogP contribution in [0.25, 0.3) is 0 Å². The van der Waals surface area contributed by atoms with Crippen LogP contribution in [0, 0.1) is 0 Å². The second-order valence-electron chi connectivity index (χ2n) is 2.88. The highest BCUT2D eigenvalue weighted by Gasteiger charge is 2.29. The van der Waals surface area contributed by atoms with Crippen LogP contribution in [0.1, 0.15) is 0 Å². The van der Waals surface area contributed by atoms with Gasteiger partial charge in [0, 0.05) is 0 Å². The first-order valence-electron chi connectivity index (χ1n) is 4.59. The molecule has 1 saturated heterocycles. The summed E-state index contributed by atoms with van der Waals surface area (Å²) in [5.74, 6) is 0.496. The Bertz CT molecular complexity index is 149. The highest BCUT2D eigenvalue weighted by molar-refractivity contribution is 6.19. The third-order valence-electron chi connectivity index (χ3n) is 1.72. The van der Waals surface area contributed by atoms with Crippen LogP contribution in [0.15, 0.2) is 0 Å². The van der Waals surface area contributed by atoms with E-state index >= 15 is 0 Å². The SMILES string of the molecule is ClCC1OC(CCl)OC(CCl)OC(CCl)O1. The van der Waals surface area contributed by atoms with Crippen molar-refractivity contribution in [3.8, 4) is 0 Å². The Labute approximate surface area is 114 Å². The van der Waals surface area contributed by atoms with Gasteiger partial charge in [0.25, 0.3) is 0 Å². The van der Waals surface area contributed by atoms with E-state index in [1.54, 1.807) is 0 Å². The topological polar surface area (TPSA) is 36.9 Å². The lowest BCUT2D eigenvalue weighted by Crippen LogP contribution is -2.43. The highest BCUT2D eigenvalue weighted by Crippen LogP contribution is 2.18. The molecule has 0 N–H and O–H groups in total. The molecule has 0 radical (unpaired) electrons. The summed E-state index contributed by atoms with van der Waals surface area (Å²) in [5, 5.41) is 0. The summed E-state index contributed by atoms with van der Waals surface area (Å²) in [6, 6.07) is 0. The molecule has 0 aromatic heterocycles. The van der Waals surface area contributed by atoms with Gasteiger partial charge in [0.2, 0.25) is 0 Å². The van der Waals surface area contributed by atoms with Gasteiger partial charge in [-0.2, -0.15) is 0 Å². The van der Waals surface area contributed by atoms with E-state index in [0.717, 1.165) is 0 Å². The minimum atomic E-state index is -0.676. The third kappa shape index (κ3) is 4.70. The van der Waals surface area contributed by atoms with Crippen LogP contribution in [-0.4, -0.2) is 48.7 Å². The van der Waals surface area contributed by atoms with Crippen LogP contribution in [0.5, 0.6) is 0 Å². The minimum absolute atomic E-state index is 0.124. The molecule has 1 rings (SSSR count). The molecular formula is C8H12Cl4O4. The van der Waals surface area contributed by atoms with Gasteiger partial charge < -0.3 is 18.9 Å². The van der Waals surface area contributed by atoms with E-state index in [4.69, 9.17) is 65.4 Å². The maximum Gasteiger partial charge on any atom is 0.177 e. The van der Waals surface area contributed by atoms with E-state index in [9.17, 15) is 0 Å². The molecule has 96 valence electrons. The normalized spacial score (nSPS) is 36.8. The molecule has 0 spiro atoms. The number of ether oxygens (including phenoxy) is 4. The fourth-order valence-corrected chi connectivity index (χ4v) is 1.68. The van der Waals surface area contributed by atoms with Crippen LogP contribution >= 0.6 is 46.4 Å². The van der Waals surface area contributed by atoms with Crippen LogP contribution in [-0.2, 0) is 18.9 Å². The van der Waals surface area contributed by atoms with Crippen molar-refractivity contribution in [1.82, 2.24) is 0 Å². The summed E-state index contributed by atoms with van der Waals surface area (Å²) in [4.78, 5) is 0. The van der Waals surface area contributed by atoms with Gasteiger partial charge in [0.15, 0.2) is 25.2 Å². The van der Waals surface area contributed by atoms with Crippen molar-refractivity contribution in [1.29, 1.82) is 0 Å². The first kappa shape index (κ1) is 15.1. The van der Waals surface area contributed by atoms with E-state index in [0.29, 0.717) is 0 Å². The number of halogens is 4. The van der Waals surface area contributed by atoms with Crippen molar-refractivity contribution in [3.05, 3.63) is 0 Å². The van der Waals surface area contributed by atoms with Gasteiger partial charge in [-0.25, -0.2) is 0 Å². The molecule has 1 aliphatic heterocycles. The van der Waals surface area contributed by atoms with Crippen LogP contribution in [0.2, 0.25) is 0 Å². The molecule has 0 aromatic carbocycles. The Morgan fingerprint density at radius 2 is 0.688 bits per heavy atom. The molecule has 4 nitrogen and oxygen atoms in total. The molecule has 0 saturated carbocycles. The average molecular weight is 314 g/mol. The quantitative estimate of drug-likeness (QED) is 0.746. The Morgan fingerprint density at radius 3 is 0.812 bits per heavy atom. The number of hydrogen-bond donors (Lipinski definition) is 0. The largest absolute Gasteiger partial charge is 0.321 e. The zero-order valence-corrected chi connectivity index (χ0v) is 11.3. The first-order valence-corrected chi connectivity index (χ1v) is 6.73. The van der Waals surface area contributed by atoms with Crippen molar-refractivity contribution in [2.45, 2.75) is 25.2 Å². The summed E-state index contributed by atoms with van der Waals surface area (Å²) in [6.45, 7) is 0. The molecule has 0 aromatic rings. The molecule has 8 heteroatoms. The number of hydrogen-bond acceptors (Lipinski definition) is 4. The predicted octanol–water partition coefficient (Wildman–Crippen LogP) is 2.33. The Hall–Kier alpha value is 1.000. The lowest BCUT2D eigenvalue weighted by molar-refractivity contribution is -0.364. The summed E-state index contributed by atoms with van der Waals surface area (Å²) in [7, 11) is 0. The van der Waals surface area contributed by atoms with Gasteiger partial charge in [-0.05, 0) is 0 Å². The molecule has 0 bridgehead atoms. The van der Waals surface area contributed by atoms with E-state index < -0.39 is 25.2 Å². The van der Waals surface area contributed by atoms with E-state index in [2.05, 4.69) is 0 Å². The van der Waals surface area contributed by atoms with E-state index in [1.165, 1.54) is 0 Å². The maximum atomic E-state index is 5.65. The first-order chi connectivity index (χ1) is 7.73. The fraction of sp³-hybridized carbons (Fsp3) is 1.00. The second-order valence-corrected chi connectivity index (χ2v) is 4.11. The minimum Gasteiger partial charge on any atom is -0.321 e. The second kappa shape index (κ2) is 8.16. The standard InChI is InChI=1S/C8H12Cl4O4/c9-1-5-13-6(2-10)15-8(4-12)16-7(3-11)14-5/h5-8H,1-4H2. The molecule has 16 heavy (non-hydrogen) atoms. The monoisotopic (exact) mass is 312 g/mol. The fourth-order valence-electron chi connectivity index (χ4n) is 1.10. The van der Waals surface area contributed by atoms with Crippen molar-refractivity contribution >= 4 is 46.4 Å². The summed E-state index contributed by atoms with van der Waals surface area (Å²) >= 11 is 22.6. The molecule has 0 amide bonds. The zero-order chi connectivity index (χ0) is 12.0. The molecule has 0 unspecified atom stereocenters. The van der Waals surface area contributed by atoms with Crippen molar-refractivity contribution in [2.24, 2.45) is 0 Å². The molecule has 0 atom stereocenters. The van der Waals surface area contributed by atoms with Gasteiger partial charge in [-0.3, -0.25) is 0 Å². The molecular weight excluding hydrogens is 302 g/mol. The molecule has 1 aliphatic rings. The lowest BCUT2D eigenvalue weighted by Gasteiger charge is -2.33. The van der Waals surface area contributed by atoms with Gasteiger partial charge >= 0.3 is 0 Å². The number of rotatable bonds is 4. The van der Waals surface area contributed by atoms with Gasteiger partial charge in [0.05, 0.1) is 23.5 Å². The number of alkyl halides is 4. The third-order valence-corrected chi connectivity index (χ3v) is 2.73. The molecule has 0 aliphatic carbocycles. The molecule has 1 fully saturated rings. The lowest BCUT2D eigenvalue weighted by atomic mass is 10.6. The van der Waals surface area contributed by atoms with Gasteiger partial charge in [0.1, 0.15) is 0 Å².